The average Bonchev–Trinajstić information content (AvgIpc) is 3.36. The molecule has 52 heavy (non-hydrogen) atoms. The summed E-state index contributed by atoms with van der Waals surface area (Å²) in [4.78, 5) is 7.69. The van der Waals surface area contributed by atoms with Crippen molar-refractivity contribution in [3.05, 3.63) is 105 Å². The van der Waals surface area contributed by atoms with Gasteiger partial charge in [0.2, 0.25) is 0 Å². The van der Waals surface area contributed by atoms with Crippen LogP contribution in [-0.4, -0.2) is 52.0 Å². The van der Waals surface area contributed by atoms with E-state index < -0.39 is 0 Å². The molecule has 3 nitrogen and oxygen atoms in total. The van der Waals surface area contributed by atoms with Crippen molar-refractivity contribution in [2.45, 2.75) is 184 Å². The lowest BCUT2D eigenvalue weighted by atomic mass is 9.83. The van der Waals surface area contributed by atoms with Gasteiger partial charge in [0.15, 0.2) is 0 Å². The van der Waals surface area contributed by atoms with Gasteiger partial charge in [-0.2, -0.15) is 0 Å². The molecule has 0 N–H and O–H groups in total. The highest BCUT2D eigenvalue weighted by Gasteiger charge is 2.27. The largest absolute Gasteiger partial charge is 0.300 e. The molecule has 3 aromatic rings. The molecule has 0 saturated carbocycles. The highest BCUT2D eigenvalue weighted by molar-refractivity contribution is 5.39. The Bertz CT molecular complexity index is 1620. The van der Waals surface area contributed by atoms with Crippen molar-refractivity contribution in [1.82, 2.24) is 14.7 Å². The van der Waals surface area contributed by atoms with Crippen molar-refractivity contribution in [2.75, 3.05) is 19.6 Å². The molecule has 0 saturated heterocycles. The van der Waals surface area contributed by atoms with Crippen LogP contribution in [0.25, 0.3) is 0 Å². The van der Waals surface area contributed by atoms with Crippen LogP contribution in [0, 0.1) is 0 Å². The van der Waals surface area contributed by atoms with Crippen molar-refractivity contribution in [3.8, 4) is 0 Å². The summed E-state index contributed by atoms with van der Waals surface area (Å²) < 4.78 is 0. The van der Waals surface area contributed by atoms with E-state index in [4.69, 9.17) is 0 Å². The average molecular weight is 708 g/mol. The van der Waals surface area contributed by atoms with Crippen molar-refractivity contribution in [3.63, 3.8) is 0 Å². The summed E-state index contributed by atoms with van der Waals surface area (Å²) in [5, 5.41) is 0. The molecule has 3 aliphatic heterocycles. The van der Waals surface area contributed by atoms with E-state index in [0.29, 0.717) is 12.1 Å². The zero-order valence-electron chi connectivity index (χ0n) is 36.6. The van der Waals surface area contributed by atoms with Crippen molar-refractivity contribution < 1.29 is 0 Å². The van der Waals surface area contributed by atoms with Crippen molar-refractivity contribution in [2.24, 2.45) is 0 Å². The summed E-state index contributed by atoms with van der Waals surface area (Å²) in [5.41, 5.74) is 14.7. The van der Waals surface area contributed by atoms with E-state index in [9.17, 15) is 0 Å². The molecule has 0 atom stereocenters. The summed E-state index contributed by atoms with van der Waals surface area (Å²) in [7, 11) is 0. The van der Waals surface area contributed by atoms with Crippen LogP contribution in [0.4, 0.5) is 0 Å². The fourth-order valence-electron chi connectivity index (χ4n) is 7.57. The van der Waals surface area contributed by atoms with Gasteiger partial charge in [-0.05, 0) is 134 Å². The van der Waals surface area contributed by atoms with Gasteiger partial charge in [0.05, 0.1) is 0 Å². The summed E-state index contributed by atoms with van der Waals surface area (Å²) in [6.07, 6.45) is 3.60. The Morgan fingerprint density at radius 2 is 0.769 bits per heavy atom. The minimum absolute atomic E-state index is 0.260. The Morgan fingerprint density at radius 1 is 0.404 bits per heavy atom. The number of nitrogens with zero attached hydrogens (tertiary/aromatic N) is 3. The normalized spacial score (nSPS) is 17.4. The topological polar surface area (TPSA) is 9.72 Å². The highest BCUT2D eigenvalue weighted by Crippen LogP contribution is 2.32. The molecule has 0 amide bonds. The lowest BCUT2D eigenvalue weighted by molar-refractivity contribution is 0.121. The summed E-state index contributed by atoms with van der Waals surface area (Å²) >= 11 is 0. The molecule has 6 rings (SSSR count). The van der Waals surface area contributed by atoms with Crippen LogP contribution in [0.2, 0.25) is 0 Å². The molecule has 0 radical (unpaired) electrons. The number of benzene rings is 3. The van der Waals surface area contributed by atoms with Crippen LogP contribution in [0.5, 0.6) is 0 Å². The SMILES string of the molecule is CC(C)(C)c1ccc2c(c1)CCN(C(C)(C)C)C2.CC(C)N1CCc2ccc(C(C)(C)C)cc2CC1.CC(C)N1Cc2ccc(C(C)(C)C)cc2C1. The van der Waals surface area contributed by atoms with Gasteiger partial charge in [0, 0.05) is 56.9 Å². The Kier molecular flexibility index (Phi) is 13.4. The first-order chi connectivity index (χ1) is 23.9. The molecule has 3 aliphatic rings. The van der Waals surface area contributed by atoms with Gasteiger partial charge in [0.25, 0.3) is 0 Å². The number of hydrogen-bond donors (Lipinski definition) is 0. The minimum Gasteiger partial charge on any atom is -0.300 e. The van der Waals surface area contributed by atoms with Gasteiger partial charge >= 0.3 is 0 Å². The Balaban J connectivity index is 0.000000175. The molecule has 0 unspecified atom stereocenters. The van der Waals surface area contributed by atoms with Crippen LogP contribution in [-0.2, 0) is 55.1 Å². The molecule has 3 heterocycles. The molecule has 0 fully saturated rings. The summed E-state index contributed by atoms with van der Waals surface area (Å²) in [5.74, 6) is 0. The Morgan fingerprint density at radius 3 is 1.21 bits per heavy atom. The summed E-state index contributed by atoms with van der Waals surface area (Å²) in [6, 6.07) is 22.5. The molecular formula is C49H77N3. The molecule has 3 heteroatoms. The first kappa shape index (κ1) is 42.3. The van der Waals surface area contributed by atoms with E-state index >= 15 is 0 Å². The smallest absolute Gasteiger partial charge is 0.0243 e. The number of rotatable bonds is 2. The third-order valence-corrected chi connectivity index (χ3v) is 11.7. The Hall–Kier alpha value is -2.46. The maximum atomic E-state index is 2.59. The Labute approximate surface area is 321 Å². The van der Waals surface area contributed by atoms with Crippen LogP contribution in [0.3, 0.4) is 0 Å². The molecule has 0 spiro atoms. The van der Waals surface area contributed by atoms with E-state index in [1.807, 2.05) is 0 Å². The van der Waals surface area contributed by atoms with Crippen molar-refractivity contribution in [1.29, 1.82) is 0 Å². The fraction of sp³-hybridized carbons (Fsp3) is 0.633. The van der Waals surface area contributed by atoms with Gasteiger partial charge in [-0.3, -0.25) is 9.80 Å². The number of fused-ring (bicyclic) bond motifs is 3. The molecule has 0 aromatic heterocycles. The quantitative estimate of drug-likeness (QED) is 0.263. The lowest BCUT2D eigenvalue weighted by Crippen LogP contribution is -2.44. The first-order valence-corrected chi connectivity index (χ1v) is 20.5. The second-order valence-corrected chi connectivity index (χ2v) is 20.7. The second-order valence-electron chi connectivity index (χ2n) is 20.7. The van der Waals surface area contributed by atoms with Crippen LogP contribution >= 0.6 is 0 Å². The standard InChI is InChI=1S/2C17H27N.C15H23N/c1-16(2,3)15-8-7-14-12-18(17(4,5)6)10-9-13(14)11-15;1-13(2)18-10-8-14-6-7-16(17(3,4)5)12-15(14)9-11-18;1-11(2)16-9-12-6-7-14(15(3,4)5)8-13(12)10-16/h7-8,11H,9-10,12H2,1-6H3;6-7,12-13H,8-11H2,1-5H3;6-8,11H,9-10H2,1-5H3. The van der Waals surface area contributed by atoms with Crippen LogP contribution in [0.1, 0.15) is 161 Å². The first-order valence-electron chi connectivity index (χ1n) is 20.5. The summed E-state index contributed by atoms with van der Waals surface area (Å²) in [6.45, 7) is 43.6. The predicted octanol–water partition coefficient (Wildman–Crippen LogP) is 11.6. The van der Waals surface area contributed by atoms with Crippen molar-refractivity contribution >= 4 is 0 Å². The lowest BCUT2D eigenvalue weighted by Gasteiger charge is -2.39. The van der Waals surface area contributed by atoms with E-state index in [-0.39, 0.29) is 21.8 Å². The van der Waals surface area contributed by atoms with Crippen LogP contribution in [0.15, 0.2) is 54.6 Å². The van der Waals surface area contributed by atoms with E-state index in [1.165, 1.54) is 72.3 Å². The highest BCUT2D eigenvalue weighted by atomic mass is 15.2. The third-order valence-electron chi connectivity index (χ3n) is 11.7. The molecule has 3 aromatic carbocycles. The fourth-order valence-corrected chi connectivity index (χ4v) is 7.57. The maximum absolute atomic E-state index is 2.59. The van der Waals surface area contributed by atoms with Gasteiger partial charge < -0.3 is 4.90 Å². The monoisotopic (exact) mass is 708 g/mol. The van der Waals surface area contributed by atoms with Gasteiger partial charge in [-0.15, -0.1) is 0 Å². The predicted molar refractivity (Wildman–Crippen MR) is 228 cm³/mol. The zero-order valence-corrected chi connectivity index (χ0v) is 36.6. The molecule has 0 aliphatic carbocycles. The molecule has 288 valence electrons. The number of hydrogen-bond acceptors (Lipinski definition) is 3. The molecular weight excluding hydrogens is 631 g/mol. The second kappa shape index (κ2) is 16.5. The van der Waals surface area contributed by atoms with E-state index in [2.05, 4.69) is 180 Å². The maximum Gasteiger partial charge on any atom is 0.0243 e. The van der Waals surface area contributed by atoms with E-state index in [1.54, 1.807) is 16.7 Å². The molecule has 0 bridgehead atoms. The zero-order chi connectivity index (χ0) is 38.8. The van der Waals surface area contributed by atoms with Crippen LogP contribution < -0.4 is 0 Å². The van der Waals surface area contributed by atoms with E-state index in [0.717, 1.165) is 19.6 Å². The van der Waals surface area contributed by atoms with Gasteiger partial charge in [-0.25, -0.2) is 0 Å². The van der Waals surface area contributed by atoms with Gasteiger partial charge in [0.1, 0.15) is 0 Å². The third kappa shape index (κ3) is 11.3. The van der Waals surface area contributed by atoms with Gasteiger partial charge in [-0.1, -0.05) is 117 Å². The minimum atomic E-state index is 0.260.